The smallest absolute Gasteiger partial charge is 0.254 e. The highest BCUT2D eigenvalue weighted by Crippen LogP contribution is 2.38. The highest BCUT2D eigenvalue weighted by atomic mass is 19.1. The summed E-state index contributed by atoms with van der Waals surface area (Å²) in [7, 11) is 0. The number of pyridine rings is 1. The third-order valence-electron chi connectivity index (χ3n) is 4.98. The number of ether oxygens (including phenoxy) is 1. The molecule has 1 aromatic rings. The molecule has 0 unspecified atom stereocenters. The molecule has 0 saturated carbocycles. The second-order valence-electron chi connectivity index (χ2n) is 6.54. The van der Waals surface area contributed by atoms with Crippen LogP contribution in [-0.2, 0) is 4.74 Å². The summed E-state index contributed by atoms with van der Waals surface area (Å²) < 4.78 is 19.6. The van der Waals surface area contributed by atoms with Gasteiger partial charge in [-0.1, -0.05) is 0 Å². The maximum Gasteiger partial charge on any atom is 0.254 e. The van der Waals surface area contributed by atoms with Crippen molar-refractivity contribution in [3.05, 3.63) is 29.8 Å². The molecule has 126 valence electrons. The van der Waals surface area contributed by atoms with Crippen molar-refractivity contribution in [3.8, 4) is 0 Å². The van der Waals surface area contributed by atoms with Crippen molar-refractivity contribution >= 4 is 5.91 Å². The predicted molar refractivity (Wildman–Crippen MR) is 81.5 cm³/mol. The summed E-state index contributed by atoms with van der Waals surface area (Å²) in [4.78, 5) is 16.1. The average molecular weight is 323 g/mol. The van der Waals surface area contributed by atoms with E-state index in [-0.39, 0.29) is 5.56 Å². The number of nitrogens with one attached hydrogen (secondary N) is 2. The molecule has 0 aliphatic carbocycles. The van der Waals surface area contributed by atoms with Gasteiger partial charge in [0.2, 0.25) is 0 Å². The third kappa shape index (κ3) is 2.96. The minimum Gasteiger partial charge on any atom is -0.388 e. The van der Waals surface area contributed by atoms with Gasteiger partial charge < -0.3 is 20.5 Å². The lowest BCUT2D eigenvalue weighted by Crippen LogP contribution is -2.69. The van der Waals surface area contributed by atoms with Crippen molar-refractivity contribution in [3.63, 3.8) is 0 Å². The highest BCUT2D eigenvalue weighted by molar-refractivity contribution is 5.94. The van der Waals surface area contributed by atoms with Crippen molar-refractivity contribution in [1.29, 1.82) is 0 Å². The van der Waals surface area contributed by atoms with E-state index in [1.807, 2.05) is 0 Å². The fourth-order valence-electron chi connectivity index (χ4n) is 3.55. The van der Waals surface area contributed by atoms with Gasteiger partial charge in [0.25, 0.3) is 5.91 Å². The number of aromatic nitrogens is 1. The summed E-state index contributed by atoms with van der Waals surface area (Å²) >= 11 is 0. The highest BCUT2D eigenvalue weighted by Gasteiger charge is 2.53. The molecule has 7 heteroatoms. The van der Waals surface area contributed by atoms with E-state index in [2.05, 4.69) is 15.6 Å². The zero-order valence-electron chi connectivity index (χ0n) is 13.1. The Morgan fingerprint density at radius 3 is 2.91 bits per heavy atom. The number of piperidine rings is 1. The molecule has 2 saturated heterocycles. The van der Waals surface area contributed by atoms with E-state index < -0.39 is 29.0 Å². The van der Waals surface area contributed by atoms with Crippen molar-refractivity contribution in [2.24, 2.45) is 0 Å². The van der Waals surface area contributed by atoms with Gasteiger partial charge in [-0.2, -0.15) is 0 Å². The molecule has 1 amide bonds. The Bertz CT molecular complexity index is 586. The lowest BCUT2D eigenvalue weighted by atomic mass is 9.73. The van der Waals surface area contributed by atoms with Gasteiger partial charge in [0.15, 0.2) is 5.82 Å². The average Bonchev–Trinajstić information content (AvgIpc) is 2.54. The van der Waals surface area contributed by atoms with E-state index in [0.717, 1.165) is 19.3 Å². The maximum atomic E-state index is 13.7. The fourth-order valence-corrected chi connectivity index (χ4v) is 3.55. The fraction of sp³-hybridized carbons (Fsp3) is 0.625. The predicted octanol–water partition coefficient (Wildman–Crippen LogP) is 0.613. The maximum absolute atomic E-state index is 13.7. The molecule has 3 rings (SSSR count). The number of rotatable bonds is 2. The molecule has 1 aromatic heterocycles. The molecular formula is C16H22FN3O3. The Balaban J connectivity index is 1.80. The van der Waals surface area contributed by atoms with Crippen LogP contribution in [0.25, 0.3) is 0 Å². The minimum atomic E-state index is -0.859. The second kappa shape index (κ2) is 6.14. The van der Waals surface area contributed by atoms with Crippen molar-refractivity contribution in [1.82, 2.24) is 15.6 Å². The van der Waals surface area contributed by atoms with Crippen LogP contribution >= 0.6 is 0 Å². The molecule has 0 bridgehead atoms. The lowest BCUT2D eigenvalue weighted by molar-refractivity contribution is -0.197. The largest absolute Gasteiger partial charge is 0.388 e. The first-order valence-electron chi connectivity index (χ1n) is 7.92. The van der Waals surface area contributed by atoms with Gasteiger partial charge in [0, 0.05) is 12.8 Å². The van der Waals surface area contributed by atoms with Crippen molar-refractivity contribution in [2.75, 3.05) is 19.7 Å². The lowest BCUT2D eigenvalue weighted by Gasteiger charge is -2.52. The first-order chi connectivity index (χ1) is 11.0. The summed E-state index contributed by atoms with van der Waals surface area (Å²) in [5, 5.41) is 17.0. The van der Waals surface area contributed by atoms with Crippen LogP contribution in [0.15, 0.2) is 18.5 Å². The minimum absolute atomic E-state index is 0.0701. The van der Waals surface area contributed by atoms with Gasteiger partial charge in [0.05, 0.1) is 22.9 Å². The van der Waals surface area contributed by atoms with Crippen molar-refractivity contribution < 1.29 is 19.0 Å². The van der Waals surface area contributed by atoms with Gasteiger partial charge >= 0.3 is 0 Å². The number of carbonyl (C=O) groups is 1. The molecule has 2 fully saturated rings. The Labute approximate surface area is 134 Å². The third-order valence-corrected chi connectivity index (χ3v) is 4.98. The summed E-state index contributed by atoms with van der Waals surface area (Å²) in [6, 6.07) is 1.33. The summed E-state index contributed by atoms with van der Waals surface area (Å²) in [6.07, 6.45) is 3.37. The number of amides is 1. The van der Waals surface area contributed by atoms with E-state index in [1.54, 1.807) is 6.92 Å². The number of halogens is 1. The first kappa shape index (κ1) is 16.3. The molecule has 0 radical (unpaired) electrons. The van der Waals surface area contributed by atoms with Gasteiger partial charge in [0.1, 0.15) is 6.10 Å². The molecular weight excluding hydrogens is 301 g/mol. The molecule has 6 nitrogen and oxygen atoms in total. The van der Waals surface area contributed by atoms with Gasteiger partial charge in [-0.05, 0) is 45.3 Å². The number of aliphatic hydroxyl groups is 1. The molecule has 2 aliphatic heterocycles. The van der Waals surface area contributed by atoms with Crippen LogP contribution in [-0.4, -0.2) is 52.9 Å². The Kier molecular flexibility index (Phi) is 4.35. The Morgan fingerprint density at radius 1 is 1.48 bits per heavy atom. The van der Waals surface area contributed by atoms with Crippen LogP contribution < -0.4 is 10.6 Å². The number of nitrogens with zero attached hydrogens (tertiary/aromatic N) is 1. The quantitative estimate of drug-likeness (QED) is 0.743. The summed E-state index contributed by atoms with van der Waals surface area (Å²) in [5.74, 6) is -1.22. The van der Waals surface area contributed by atoms with Crippen LogP contribution in [0.4, 0.5) is 4.39 Å². The van der Waals surface area contributed by atoms with E-state index in [0.29, 0.717) is 25.9 Å². The van der Waals surface area contributed by atoms with E-state index in [1.165, 1.54) is 12.3 Å². The van der Waals surface area contributed by atoms with Gasteiger partial charge in [-0.15, -0.1) is 0 Å². The number of hydrogen-bond acceptors (Lipinski definition) is 5. The molecule has 2 atom stereocenters. The summed E-state index contributed by atoms with van der Waals surface area (Å²) in [6.45, 7) is 3.77. The van der Waals surface area contributed by atoms with Gasteiger partial charge in [-0.3, -0.25) is 9.78 Å². The monoisotopic (exact) mass is 323 g/mol. The second-order valence-corrected chi connectivity index (χ2v) is 6.54. The molecule has 1 spiro atoms. The van der Waals surface area contributed by atoms with Crippen LogP contribution in [0.3, 0.4) is 0 Å². The Morgan fingerprint density at radius 2 is 2.22 bits per heavy atom. The number of hydrogen-bond donors (Lipinski definition) is 3. The standard InChI is InChI=1S/C16H22FN3O3/c1-15(20-13(21)11-2-6-19-10-12(11)17)5-9-23-16(14(15)22)3-7-18-8-4-16/h2,6,10,14,18,22H,3-5,7-9H2,1H3,(H,20,21)/t14-,15+/m0/s1. The molecule has 0 aromatic carbocycles. The first-order valence-corrected chi connectivity index (χ1v) is 7.92. The van der Waals surface area contributed by atoms with Crippen LogP contribution in [0, 0.1) is 5.82 Å². The molecule has 3 N–H and O–H groups in total. The molecule has 23 heavy (non-hydrogen) atoms. The van der Waals surface area contributed by atoms with E-state index in [4.69, 9.17) is 4.74 Å². The number of aliphatic hydroxyl groups excluding tert-OH is 1. The zero-order chi connectivity index (χ0) is 16.5. The normalized spacial score (nSPS) is 30.1. The van der Waals surface area contributed by atoms with Crippen molar-refractivity contribution in [2.45, 2.75) is 43.4 Å². The van der Waals surface area contributed by atoms with Crippen LogP contribution in [0.5, 0.6) is 0 Å². The number of carbonyl (C=O) groups excluding carboxylic acids is 1. The topological polar surface area (TPSA) is 83.5 Å². The SMILES string of the molecule is C[C@@]1(NC(=O)c2ccncc2F)CCOC2(CCNCC2)[C@H]1O. The summed E-state index contributed by atoms with van der Waals surface area (Å²) in [5.41, 5.74) is -1.58. The molecule has 3 heterocycles. The van der Waals surface area contributed by atoms with Crippen LogP contribution in [0.2, 0.25) is 0 Å². The molecule has 2 aliphatic rings. The van der Waals surface area contributed by atoms with Crippen LogP contribution in [0.1, 0.15) is 36.5 Å². The van der Waals surface area contributed by atoms with E-state index >= 15 is 0 Å². The van der Waals surface area contributed by atoms with E-state index in [9.17, 15) is 14.3 Å². The zero-order valence-corrected chi connectivity index (χ0v) is 13.1. The van der Waals surface area contributed by atoms with Gasteiger partial charge in [-0.25, -0.2) is 4.39 Å². The Hall–Kier alpha value is -1.57.